The Morgan fingerprint density at radius 2 is 2.04 bits per heavy atom. The molecule has 3 N–H and O–H groups in total. The molecule has 1 saturated carbocycles. The Morgan fingerprint density at radius 3 is 2.62 bits per heavy atom. The Bertz CT molecular complexity index is 741. The van der Waals surface area contributed by atoms with Crippen molar-refractivity contribution in [2.45, 2.75) is 44.1 Å². The van der Waals surface area contributed by atoms with E-state index in [9.17, 15) is 4.79 Å². The van der Waals surface area contributed by atoms with E-state index in [-0.39, 0.29) is 29.8 Å². The van der Waals surface area contributed by atoms with Crippen molar-refractivity contribution in [3.8, 4) is 0 Å². The summed E-state index contributed by atoms with van der Waals surface area (Å²) in [6, 6.07) is 11.8. The van der Waals surface area contributed by atoms with Crippen molar-refractivity contribution in [1.29, 1.82) is 0 Å². The smallest absolute Gasteiger partial charge is 0.253 e. The van der Waals surface area contributed by atoms with Crippen LogP contribution in [0.25, 0.3) is 0 Å². The lowest BCUT2D eigenvalue weighted by atomic mass is 9.68. The second-order valence-electron chi connectivity index (χ2n) is 6.93. The fourth-order valence-electron chi connectivity index (χ4n) is 3.61. The molecule has 0 aliphatic heterocycles. The summed E-state index contributed by atoms with van der Waals surface area (Å²) in [5, 5.41) is 3.88. The number of pyridine rings is 1. The number of rotatable bonds is 4. The molecule has 0 spiro atoms. The van der Waals surface area contributed by atoms with Crippen LogP contribution in [0.4, 0.5) is 0 Å². The molecule has 1 heterocycles. The Hall–Kier alpha value is -1.62. The SMILES string of the molecule is Cc1ccc(C(=O)N[C@H]2CC[C@@](CN)(c3cccc(Cl)c3)CC2)cn1.Cl. The minimum absolute atomic E-state index is 0. The molecular formula is C20H25Cl2N3O. The van der Waals surface area contributed by atoms with E-state index in [1.165, 1.54) is 5.56 Å². The van der Waals surface area contributed by atoms with Crippen molar-refractivity contribution in [3.63, 3.8) is 0 Å². The van der Waals surface area contributed by atoms with Gasteiger partial charge in [-0.2, -0.15) is 0 Å². The average molecular weight is 394 g/mol. The fourth-order valence-corrected chi connectivity index (χ4v) is 3.80. The van der Waals surface area contributed by atoms with Crippen LogP contribution in [0, 0.1) is 6.92 Å². The van der Waals surface area contributed by atoms with Gasteiger partial charge in [0.1, 0.15) is 0 Å². The Balaban J connectivity index is 0.00000243. The third-order valence-electron chi connectivity index (χ3n) is 5.28. The molecule has 1 aromatic carbocycles. The van der Waals surface area contributed by atoms with E-state index in [0.717, 1.165) is 36.4 Å². The van der Waals surface area contributed by atoms with Crippen LogP contribution >= 0.6 is 24.0 Å². The Morgan fingerprint density at radius 1 is 1.31 bits per heavy atom. The summed E-state index contributed by atoms with van der Waals surface area (Å²) in [4.78, 5) is 16.6. The fraction of sp³-hybridized carbons (Fsp3) is 0.400. The number of carbonyl (C=O) groups is 1. The second-order valence-corrected chi connectivity index (χ2v) is 7.37. The number of amides is 1. The maximum absolute atomic E-state index is 12.4. The number of aryl methyl sites for hydroxylation is 1. The van der Waals surface area contributed by atoms with Crippen LogP contribution in [-0.2, 0) is 5.41 Å². The Kier molecular flexibility index (Phi) is 7.04. The van der Waals surface area contributed by atoms with Crippen molar-refractivity contribution >= 4 is 29.9 Å². The summed E-state index contributed by atoms with van der Waals surface area (Å²) in [6.45, 7) is 2.50. The summed E-state index contributed by atoms with van der Waals surface area (Å²) in [6.07, 6.45) is 5.34. The summed E-state index contributed by atoms with van der Waals surface area (Å²) in [7, 11) is 0. The maximum Gasteiger partial charge on any atom is 0.253 e. The van der Waals surface area contributed by atoms with Gasteiger partial charge in [0.25, 0.3) is 5.91 Å². The summed E-state index contributed by atoms with van der Waals surface area (Å²) >= 11 is 6.16. The number of nitrogens with two attached hydrogens (primary N) is 1. The van der Waals surface area contributed by atoms with Gasteiger partial charge in [0.05, 0.1) is 5.56 Å². The monoisotopic (exact) mass is 393 g/mol. The van der Waals surface area contributed by atoms with Crippen molar-refractivity contribution in [1.82, 2.24) is 10.3 Å². The van der Waals surface area contributed by atoms with Gasteiger partial charge in [0.15, 0.2) is 0 Å². The van der Waals surface area contributed by atoms with Crippen LogP contribution in [0.1, 0.15) is 47.3 Å². The molecular weight excluding hydrogens is 369 g/mol. The quantitative estimate of drug-likeness (QED) is 0.823. The molecule has 3 rings (SSSR count). The van der Waals surface area contributed by atoms with E-state index in [1.807, 2.05) is 37.3 Å². The highest BCUT2D eigenvalue weighted by atomic mass is 35.5. The molecule has 26 heavy (non-hydrogen) atoms. The lowest BCUT2D eigenvalue weighted by Crippen LogP contribution is -2.45. The van der Waals surface area contributed by atoms with Crippen LogP contribution in [0.2, 0.25) is 5.02 Å². The average Bonchev–Trinajstić information content (AvgIpc) is 2.63. The highest BCUT2D eigenvalue weighted by Crippen LogP contribution is 2.39. The van der Waals surface area contributed by atoms with Crippen LogP contribution < -0.4 is 11.1 Å². The van der Waals surface area contributed by atoms with E-state index < -0.39 is 0 Å². The molecule has 0 radical (unpaired) electrons. The van der Waals surface area contributed by atoms with Gasteiger partial charge in [0.2, 0.25) is 0 Å². The Labute approximate surface area is 165 Å². The molecule has 1 amide bonds. The molecule has 0 bridgehead atoms. The number of nitrogens with zero attached hydrogens (tertiary/aromatic N) is 1. The summed E-state index contributed by atoms with van der Waals surface area (Å²) in [5.74, 6) is -0.0551. The first-order chi connectivity index (χ1) is 12.0. The molecule has 1 fully saturated rings. The van der Waals surface area contributed by atoms with E-state index in [2.05, 4.69) is 16.4 Å². The molecule has 0 saturated heterocycles. The zero-order chi connectivity index (χ0) is 17.9. The van der Waals surface area contributed by atoms with Crippen molar-refractivity contribution in [2.24, 2.45) is 5.73 Å². The molecule has 1 aliphatic rings. The van der Waals surface area contributed by atoms with Gasteiger partial charge in [-0.15, -0.1) is 12.4 Å². The van der Waals surface area contributed by atoms with Crippen LogP contribution in [-0.4, -0.2) is 23.5 Å². The number of nitrogens with one attached hydrogen (secondary N) is 1. The van der Waals surface area contributed by atoms with E-state index in [1.54, 1.807) is 6.20 Å². The summed E-state index contributed by atoms with van der Waals surface area (Å²) in [5.41, 5.74) is 8.81. The number of aromatic nitrogens is 1. The molecule has 0 atom stereocenters. The molecule has 4 nitrogen and oxygen atoms in total. The van der Waals surface area contributed by atoms with E-state index >= 15 is 0 Å². The van der Waals surface area contributed by atoms with Gasteiger partial charge in [-0.1, -0.05) is 23.7 Å². The molecule has 140 valence electrons. The third-order valence-corrected chi connectivity index (χ3v) is 5.51. The number of carbonyl (C=O) groups excluding carboxylic acids is 1. The minimum Gasteiger partial charge on any atom is -0.349 e. The highest BCUT2D eigenvalue weighted by molar-refractivity contribution is 6.30. The van der Waals surface area contributed by atoms with E-state index in [4.69, 9.17) is 17.3 Å². The van der Waals surface area contributed by atoms with Gasteiger partial charge in [-0.3, -0.25) is 9.78 Å². The van der Waals surface area contributed by atoms with E-state index in [0.29, 0.717) is 12.1 Å². The largest absolute Gasteiger partial charge is 0.349 e. The second kappa shape index (κ2) is 8.85. The van der Waals surface area contributed by atoms with Crippen molar-refractivity contribution < 1.29 is 4.79 Å². The highest BCUT2D eigenvalue weighted by Gasteiger charge is 2.36. The van der Waals surface area contributed by atoms with Gasteiger partial charge in [-0.05, 0) is 62.4 Å². The van der Waals surface area contributed by atoms with Gasteiger partial charge in [-0.25, -0.2) is 0 Å². The minimum atomic E-state index is -0.0551. The maximum atomic E-state index is 12.4. The lowest BCUT2D eigenvalue weighted by Gasteiger charge is -2.40. The molecule has 2 aromatic rings. The van der Waals surface area contributed by atoms with Crippen LogP contribution in [0.5, 0.6) is 0 Å². The standard InChI is InChI=1S/C20H24ClN3O.ClH/c1-14-5-6-15(12-23-14)19(25)24-18-7-9-20(13-22,10-8-18)16-3-2-4-17(21)11-16;/h2-6,11-12,18H,7-10,13,22H2,1H3,(H,24,25);1H/t18-,20+;. The molecule has 0 unspecified atom stereocenters. The van der Waals surface area contributed by atoms with Gasteiger partial charge in [0, 0.05) is 34.9 Å². The number of benzene rings is 1. The normalized spacial score (nSPS) is 22.3. The first-order valence-electron chi connectivity index (χ1n) is 8.72. The van der Waals surface area contributed by atoms with Crippen LogP contribution in [0.15, 0.2) is 42.6 Å². The lowest BCUT2D eigenvalue weighted by molar-refractivity contribution is 0.0917. The predicted octanol–water partition coefficient (Wildman–Crippen LogP) is 4.03. The first kappa shape index (κ1) is 20.7. The molecule has 1 aromatic heterocycles. The summed E-state index contributed by atoms with van der Waals surface area (Å²) < 4.78 is 0. The van der Waals surface area contributed by atoms with Crippen molar-refractivity contribution in [3.05, 3.63) is 64.4 Å². The number of hydrogen-bond donors (Lipinski definition) is 2. The topological polar surface area (TPSA) is 68.0 Å². The van der Waals surface area contributed by atoms with Crippen LogP contribution in [0.3, 0.4) is 0 Å². The zero-order valence-corrected chi connectivity index (χ0v) is 16.4. The molecule has 6 heteroatoms. The zero-order valence-electron chi connectivity index (χ0n) is 14.9. The van der Waals surface area contributed by atoms with Gasteiger partial charge >= 0.3 is 0 Å². The molecule has 1 aliphatic carbocycles. The van der Waals surface area contributed by atoms with Crippen molar-refractivity contribution in [2.75, 3.05) is 6.54 Å². The number of halogens is 2. The van der Waals surface area contributed by atoms with Gasteiger partial charge < -0.3 is 11.1 Å². The third kappa shape index (κ3) is 4.56. The first-order valence-corrected chi connectivity index (χ1v) is 9.10. The number of hydrogen-bond acceptors (Lipinski definition) is 3. The predicted molar refractivity (Wildman–Crippen MR) is 108 cm³/mol.